The molecular weight excluding hydrogens is 334 g/mol. The predicted octanol–water partition coefficient (Wildman–Crippen LogP) is 3.88. The molecule has 134 valence electrons. The van der Waals surface area contributed by atoms with Crippen molar-refractivity contribution in [3.05, 3.63) is 65.0 Å². The van der Waals surface area contributed by atoms with E-state index in [-0.39, 0.29) is 11.9 Å². The van der Waals surface area contributed by atoms with Gasteiger partial charge in [0.05, 0.1) is 17.4 Å². The van der Waals surface area contributed by atoms with Gasteiger partial charge in [-0.05, 0) is 67.6 Å². The van der Waals surface area contributed by atoms with E-state index in [9.17, 15) is 4.79 Å². The summed E-state index contributed by atoms with van der Waals surface area (Å²) in [5.74, 6) is 6.69. The van der Waals surface area contributed by atoms with Crippen molar-refractivity contribution in [3.8, 4) is 11.8 Å². The second kappa shape index (κ2) is 6.28. The highest BCUT2D eigenvalue weighted by Crippen LogP contribution is 2.43. The van der Waals surface area contributed by atoms with Crippen LogP contribution in [0.15, 0.2) is 42.7 Å². The fourth-order valence-corrected chi connectivity index (χ4v) is 4.73. The molecule has 1 aliphatic heterocycles. The summed E-state index contributed by atoms with van der Waals surface area (Å²) in [5, 5.41) is 0. The van der Waals surface area contributed by atoms with Crippen molar-refractivity contribution < 1.29 is 4.79 Å². The normalized spacial score (nSPS) is 20.7. The van der Waals surface area contributed by atoms with E-state index in [1.807, 2.05) is 25.1 Å². The van der Waals surface area contributed by atoms with Gasteiger partial charge in [-0.25, -0.2) is 4.98 Å². The third-order valence-corrected chi connectivity index (χ3v) is 5.95. The highest BCUT2D eigenvalue weighted by Gasteiger charge is 2.40. The van der Waals surface area contributed by atoms with E-state index in [1.165, 1.54) is 11.1 Å². The van der Waals surface area contributed by atoms with Gasteiger partial charge in [0, 0.05) is 29.6 Å². The summed E-state index contributed by atoms with van der Waals surface area (Å²) in [7, 11) is 0. The number of imidazole rings is 1. The van der Waals surface area contributed by atoms with Crippen LogP contribution in [-0.2, 0) is 6.42 Å². The van der Waals surface area contributed by atoms with Gasteiger partial charge < -0.3 is 9.88 Å². The lowest BCUT2D eigenvalue weighted by molar-refractivity contribution is 0.0595. The summed E-state index contributed by atoms with van der Waals surface area (Å²) >= 11 is 0. The Morgan fingerprint density at radius 2 is 2.19 bits per heavy atom. The zero-order valence-corrected chi connectivity index (χ0v) is 15.3. The number of carbonyl (C=O) groups is 1. The average Bonchev–Trinajstić information content (AvgIpc) is 3.31. The number of hydrogen-bond acceptors (Lipinski definition) is 2. The monoisotopic (exact) mass is 355 g/mol. The Morgan fingerprint density at radius 3 is 3.07 bits per heavy atom. The minimum Gasteiger partial charge on any atom is -0.345 e. The standard InChI is InChI=1S/C23H21N3O/c1-2-4-15-6-7-16-13-22-18(19(16)11-15)5-3-10-26(22)23(27)17-8-9-20-21(12-17)25-14-24-20/h6-9,11-12,14,18,22H,3,5,10,13H2,1H3,(H,24,25)/t18-,22+/m0/s1. The van der Waals surface area contributed by atoms with Crippen LogP contribution in [0.3, 0.4) is 0 Å². The lowest BCUT2D eigenvalue weighted by atomic mass is 9.87. The molecule has 27 heavy (non-hydrogen) atoms. The third-order valence-electron chi connectivity index (χ3n) is 5.95. The van der Waals surface area contributed by atoms with Crippen LogP contribution in [0.1, 0.15) is 52.7 Å². The van der Waals surface area contributed by atoms with Crippen molar-refractivity contribution in [2.24, 2.45) is 0 Å². The molecule has 0 radical (unpaired) electrons. The van der Waals surface area contributed by atoms with Crippen LogP contribution < -0.4 is 0 Å². The molecule has 3 aromatic rings. The average molecular weight is 355 g/mol. The molecule has 1 amide bonds. The van der Waals surface area contributed by atoms with Crippen molar-refractivity contribution in [1.82, 2.24) is 14.9 Å². The molecule has 2 heterocycles. The Balaban J connectivity index is 1.47. The Labute approximate surface area is 158 Å². The van der Waals surface area contributed by atoms with Gasteiger partial charge in [-0.2, -0.15) is 0 Å². The van der Waals surface area contributed by atoms with Crippen molar-refractivity contribution in [3.63, 3.8) is 0 Å². The van der Waals surface area contributed by atoms with Crippen LogP contribution in [0.4, 0.5) is 0 Å². The van der Waals surface area contributed by atoms with Gasteiger partial charge in [0.2, 0.25) is 0 Å². The molecule has 1 aromatic heterocycles. The quantitative estimate of drug-likeness (QED) is 0.674. The number of hydrogen-bond donors (Lipinski definition) is 1. The molecule has 1 fully saturated rings. The predicted molar refractivity (Wildman–Crippen MR) is 106 cm³/mol. The molecule has 1 aliphatic carbocycles. The lowest BCUT2D eigenvalue weighted by Crippen LogP contribution is -2.46. The molecule has 1 saturated heterocycles. The Kier molecular flexibility index (Phi) is 3.75. The topological polar surface area (TPSA) is 49.0 Å². The van der Waals surface area contributed by atoms with E-state index < -0.39 is 0 Å². The molecule has 4 nitrogen and oxygen atoms in total. The van der Waals surface area contributed by atoms with Crippen molar-refractivity contribution in [1.29, 1.82) is 0 Å². The number of fused-ring (bicyclic) bond motifs is 4. The Hall–Kier alpha value is -3.06. The largest absolute Gasteiger partial charge is 0.345 e. The van der Waals surface area contributed by atoms with Crippen LogP contribution in [0.2, 0.25) is 0 Å². The lowest BCUT2D eigenvalue weighted by Gasteiger charge is -2.38. The van der Waals surface area contributed by atoms with E-state index >= 15 is 0 Å². The summed E-state index contributed by atoms with van der Waals surface area (Å²) < 4.78 is 0. The van der Waals surface area contributed by atoms with Crippen LogP contribution in [0, 0.1) is 11.8 Å². The molecule has 4 heteroatoms. The highest BCUT2D eigenvalue weighted by molar-refractivity contribution is 5.97. The number of piperidine rings is 1. The molecule has 2 aromatic carbocycles. The van der Waals surface area contributed by atoms with Crippen molar-refractivity contribution in [2.45, 2.75) is 38.1 Å². The maximum atomic E-state index is 13.3. The first kappa shape index (κ1) is 16.1. The number of rotatable bonds is 1. The van der Waals surface area contributed by atoms with Gasteiger partial charge in [-0.1, -0.05) is 12.0 Å². The molecule has 2 aliphatic rings. The SMILES string of the molecule is CC#Cc1ccc2c(c1)[C@@H]1CCCN(C(=O)c3ccc4[nH]cnc4c3)[C@@H]1C2. The summed E-state index contributed by atoms with van der Waals surface area (Å²) in [4.78, 5) is 22.8. The first-order valence-corrected chi connectivity index (χ1v) is 9.54. The summed E-state index contributed by atoms with van der Waals surface area (Å²) in [6.45, 7) is 2.70. The van der Waals surface area contributed by atoms with E-state index in [0.717, 1.165) is 48.0 Å². The first-order chi connectivity index (χ1) is 13.2. The van der Waals surface area contributed by atoms with E-state index in [0.29, 0.717) is 5.92 Å². The molecule has 0 spiro atoms. The molecule has 0 saturated carbocycles. The number of likely N-dealkylation sites (tertiary alicyclic amines) is 1. The Morgan fingerprint density at radius 1 is 1.26 bits per heavy atom. The second-order valence-electron chi connectivity index (χ2n) is 7.44. The number of amides is 1. The smallest absolute Gasteiger partial charge is 0.254 e. The zero-order valence-electron chi connectivity index (χ0n) is 15.3. The van der Waals surface area contributed by atoms with Gasteiger partial charge in [-0.3, -0.25) is 4.79 Å². The summed E-state index contributed by atoms with van der Waals surface area (Å²) in [6, 6.07) is 12.5. The number of carbonyl (C=O) groups excluding carboxylic acids is 1. The van der Waals surface area contributed by atoms with Crippen LogP contribution in [0.25, 0.3) is 11.0 Å². The molecular formula is C23H21N3O. The van der Waals surface area contributed by atoms with Gasteiger partial charge >= 0.3 is 0 Å². The number of H-pyrrole nitrogens is 1. The van der Waals surface area contributed by atoms with Crippen LogP contribution in [0.5, 0.6) is 0 Å². The van der Waals surface area contributed by atoms with E-state index in [2.05, 4.69) is 44.9 Å². The minimum absolute atomic E-state index is 0.121. The van der Waals surface area contributed by atoms with E-state index in [4.69, 9.17) is 0 Å². The molecule has 5 rings (SSSR count). The van der Waals surface area contributed by atoms with Crippen LogP contribution in [-0.4, -0.2) is 33.4 Å². The minimum atomic E-state index is 0.121. The number of aromatic amines is 1. The molecule has 0 bridgehead atoms. The number of aromatic nitrogens is 2. The fourth-order valence-electron chi connectivity index (χ4n) is 4.73. The first-order valence-electron chi connectivity index (χ1n) is 9.54. The Bertz CT molecular complexity index is 1100. The summed E-state index contributed by atoms with van der Waals surface area (Å²) in [6.07, 6.45) is 4.79. The van der Waals surface area contributed by atoms with Gasteiger partial charge in [-0.15, -0.1) is 5.92 Å². The maximum absolute atomic E-state index is 13.3. The summed E-state index contributed by atoms with van der Waals surface area (Å²) in [5.41, 5.74) is 6.36. The number of benzene rings is 2. The van der Waals surface area contributed by atoms with Gasteiger partial charge in [0.15, 0.2) is 0 Å². The molecule has 0 unspecified atom stereocenters. The number of nitrogens with zero attached hydrogens (tertiary/aromatic N) is 2. The number of nitrogens with one attached hydrogen (secondary N) is 1. The van der Waals surface area contributed by atoms with Gasteiger partial charge in [0.1, 0.15) is 0 Å². The molecule has 2 atom stereocenters. The van der Waals surface area contributed by atoms with Gasteiger partial charge in [0.25, 0.3) is 5.91 Å². The zero-order chi connectivity index (χ0) is 18.4. The van der Waals surface area contributed by atoms with Crippen molar-refractivity contribution in [2.75, 3.05) is 6.54 Å². The van der Waals surface area contributed by atoms with E-state index in [1.54, 1.807) is 6.33 Å². The van der Waals surface area contributed by atoms with Crippen molar-refractivity contribution >= 4 is 16.9 Å². The van der Waals surface area contributed by atoms with Crippen LogP contribution >= 0.6 is 0 Å². The fraction of sp³-hybridized carbons (Fsp3) is 0.304. The molecule has 1 N–H and O–H groups in total. The third kappa shape index (κ3) is 2.62. The highest BCUT2D eigenvalue weighted by atomic mass is 16.2. The second-order valence-corrected chi connectivity index (χ2v) is 7.44. The maximum Gasteiger partial charge on any atom is 0.254 e.